The smallest absolute Gasteiger partial charge is 0.242 e. The first-order valence-corrected chi connectivity index (χ1v) is 7.50. The Bertz CT molecular complexity index is 549. The molecule has 1 fully saturated rings. The Hall–Kier alpha value is -1.53. The Morgan fingerprint density at radius 2 is 2.18 bits per heavy atom. The third-order valence-corrected chi connectivity index (χ3v) is 3.93. The SMILES string of the molecule is CCCC(C)(N)C(=O)N1CCOC(c2ccc(F)c(F)c2)C1. The van der Waals surface area contributed by atoms with Crippen LogP contribution >= 0.6 is 0 Å². The van der Waals surface area contributed by atoms with Crippen molar-refractivity contribution in [1.29, 1.82) is 0 Å². The first-order chi connectivity index (χ1) is 10.3. The van der Waals surface area contributed by atoms with Crippen LogP contribution < -0.4 is 5.73 Å². The monoisotopic (exact) mass is 312 g/mol. The number of carbonyl (C=O) groups is 1. The van der Waals surface area contributed by atoms with Crippen LogP contribution in [0.1, 0.15) is 38.4 Å². The van der Waals surface area contributed by atoms with E-state index in [1.54, 1.807) is 11.8 Å². The van der Waals surface area contributed by atoms with Crippen LogP contribution in [0.2, 0.25) is 0 Å². The van der Waals surface area contributed by atoms with Crippen molar-refractivity contribution in [3.8, 4) is 0 Å². The number of halogens is 2. The molecule has 0 aliphatic carbocycles. The van der Waals surface area contributed by atoms with Crippen molar-refractivity contribution in [2.75, 3.05) is 19.7 Å². The second-order valence-electron chi connectivity index (χ2n) is 5.95. The number of amides is 1. The summed E-state index contributed by atoms with van der Waals surface area (Å²) in [5, 5.41) is 0. The summed E-state index contributed by atoms with van der Waals surface area (Å²) < 4.78 is 32.0. The Kier molecular flexibility index (Phi) is 5.13. The molecular formula is C16H22F2N2O2. The van der Waals surface area contributed by atoms with Gasteiger partial charge in [-0.15, -0.1) is 0 Å². The fourth-order valence-electron chi connectivity index (χ4n) is 2.74. The number of nitrogens with two attached hydrogens (primary N) is 1. The molecule has 1 heterocycles. The van der Waals surface area contributed by atoms with Gasteiger partial charge in [0.25, 0.3) is 0 Å². The van der Waals surface area contributed by atoms with E-state index in [0.29, 0.717) is 31.7 Å². The van der Waals surface area contributed by atoms with Crippen molar-refractivity contribution < 1.29 is 18.3 Å². The van der Waals surface area contributed by atoms with Crippen molar-refractivity contribution in [1.82, 2.24) is 4.90 Å². The number of morpholine rings is 1. The molecule has 1 aromatic rings. The standard InChI is InChI=1S/C16H22F2N2O2/c1-3-6-16(2,19)15(21)20-7-8-22-14(10-20)11-4-5-12(17)13(18)9-11/h4-5,9,14H,3,6-8,10,19H2,1-2H3. The molecule has 0 radical (unpaired) electrons. The Balaban J connectivity index is 2.11. The maximum absolute atomic E-state index is 13.3. The zero-order valence-corrected chi connectivity index (χ0v) is 12.9. The first kappa shape index (κ1) is 16.8. The molecule has 2 N–H and O–H groups in total. The molecule has 0 saturated carbocycles. The Labute approximate surface area is 129 Å². The minimum atomic E-state index is -0.917. The van der Waals surface area contributed by atoms with E-state index in [-0.39, 0.29) is 5.91 Å². The number of hydrogen-bond donors (Lipinski definition) is 1. The summed E-state index contributed by atoms with van der Waals surface area (Å²) in [5.74, 6) is -1.95. The lowest BCUT2D eigenvalue weighted by Crippen LogP contribution is -2.56. The zero-order chi connectivity index (χ0) is 16.3. The van der Waals surface area contributed by atoms with Crippen molar-refractivity contribution in [3.05, 3.63) is 35.4 Å². The minimum Gasteiger partial charge on any atom is -0.370 e. The summed E-state index contributed by atoms with van der Waals surface area (Å²) in [6.45, 7) is 4.79. The van der Waals surface area contributed by atoms with E-state index in [2.05, 4.69) is 0 Å². The van der Waals surface area contributed by atoms with Crippen molar-refractivity contribution in [2.45, 2.75) is 38.3 Å². The van der Waals surface area contributed by atoms with Crippen molar-refractivity contribution in [2.24, 2.45) is 5.73 Å². The highest BCUT2D eigenvalue weighted by Crippen LogP contribution is 2.25. The molecule has 6 heteroatoms. The number of rotatable bonds is 4. The van der Waals surface area contributed by atoms with Gasteiger partial charge < -0.3 is 15.4 Å². The van der Waals surface area contributed by atoms with Crippen LogP contribution in [0.15, 0.2) is 18.2 Å². The Morgan fingerprint density at radius 3 is 2.82 bits per heavy atom. The van der Waals surface area contributed by atoms with Gasteiger partial charge in [-0.1, -0.05) is 19.4 Å². The molecule has 1 aromatic carbocycles. The molecule has 1 saturated heterocycles. The Morgan fingerprint density at radius 1 is 1.45 bits per heavy atom. The van der Waals surface area contributed by atoms with Crippen LogP contribution in [0.3, 0.4) is 0 Å². The van der Waals surface area contributed by atoms with Crippen LogP contribution in [-0.2, 0) is 9.53 Å². The normalized spacial score (nSPS) is 21.5. The van der Waals surface area contributed by atoms with Gasteiger partial charge in [0, 0.05) is 6.54 Å². The highest BCUT2D eigenvalue weighted by molar-refractivity contribution is 5.85. The fourth-order valence-corrected chi connectivity index (χ4v) is 2.74. The summed E-state index contributed by atoms with van der Waals surface area (Å²) in [4.78, 5) is 14.2. The molecule has 1 amide bonds. The van der Waals surface area contributed by atoms with Gasteiger partial charge in [-0.3, -0.25) is 4.79 Å². The summed E-state index contributed by atoms with van der Waals surface area (Å²) in [7, 11) is 0. The van der Waals surface area contributed by atoms with Crippen LogP contribution in [0.25, 0.3) is 0 Å². The summed E-state index contributed by atoms with van der Waals surface area (Å²) in [6, 6.07) is 3.66. The lowest BCUT2D eigenvalue weighted by Gasteiger charge is -2.37. The molecule has 0 aromatic heterocycles. The van der Waals surface area contributed by atoms with E-state index in [1.165, 1.54) is 6.07 Å². The minimum absolute atomic E-state index is 0.134. The summed E-state index contributed by atoms with van der Waals surface area (Å²) >= 11 is 0. The van der Waals surface area contributed by atoms with Gasteiger partial charge in [0.2, 0.25) is 5.91 Å². The van der Waals surface area contributed by atoms with Crippen LogP contribution in [0, 0.1) is 11.6 Å². The topological polar surface area (TPSA) is 55.6 Å². The maximum Gasteiger partial charge on any atom is 0.242 e. The average Bonchev–Trinajstić information content (AvgIpc) is 2.49. The number of carbonyl (C=O) groups excluding carboxylic acids is 1. The number of ether oxygens (including phenoxy) is 1. The molecule has 22 heavy (non-hydrogen) atoms. The quantitative estimate of drug-likeness (QED) is 0.929. The van der Waals surface area contributed by atoms with Gasteiger partial charge in [0.05, 0.1) is 18.7 Å². The van der Waals surface area contributed by atoms with Crippen LogP contribution in [0.4, 0.5) is 8.78 Å². The van der Waals surface area contributed by atoms with Crippen LogP contribution in [-0.4, -0.2) is 36.0 Å². The van der Waals surface area contributed by atoms with E-state index >= 15 is 0 Å². The zero-order valence-electron chi connectivity index (χ0n) is 12.9. The third-order valence-electron chi connectivity index (χ3n) is 3.93. The molecule has 0 spiro atoms. The van der Waals surface area contributed by atoms with Crippen molar-refractivity contribution >= 4 is 5.91 Å². The average molecular weight is 312 g/mol. The predicted molar refractivity (Wildman–Crippen MR) is 79.1 cm³/mol. The maximum atomic E-state index is 13.3. The van der Waals surface area contributed by atoms with E-state index in [9.17, 15) is 13.6 Å². The fraction of sp³-hybridized carbons (Fsp3) is 0.562. The molecule has 122 valence electrons. The molecule has 1 aliphatic rings. The van der Waals surface area contributed by atoms with Gasteiger partial charge in [0.1, 0.15) is 6.10 Å². The molecule has 2 unspecified atom stereocenters. The van der Waals surface area contributed by atoms with E-state index in [1.807, 2.05) is 6.92 Å². The van der Waals surface area contributed by atoms with Gasteiger partial charge in [-0.25, -0.2) is 8.78 Å². The highest BCUT2D eigenvalue weighted by Gasteiger charge is 2.35. The van der Waals surface area contributed by atoms with E-state index in [4.69, 9.17) is 10.5 Å². The first-order valence-electron chi connectivity index (χ1n) is 7.50. The molecular weight excluding hydrogens is 290 g/mol. The molecule has 2 atom stereocenters. The highest BCUT2D eigenvalue weighted by atomic mass is 19.2. The van der Waals surface area contributed by atoms with Gasteiger partial charge >= 0.3 is 0 Å². The largest absolute Gasteiger partial charge is 0.370 e. The molecule has 4 nitrogen and oxygen atoms in total. The third kappa shape index (κ3) is 3.62. The van der Waals surface area contributed by atoms with Crippen LogP contribution in [0.5, 0.6) is 0 Å². The van der Waals surface area contributed by atoms with Gasteiger partial charge in [0.15, 0.2) is 11.6 Å². The predicted octanol–water partition coefficient (Wildman–Crippen LogP) is 2.38. The lowest BCUT2D eigenvalue weighted by molar-refractivity contribution is -0.144. The van der Waals surface area contributed by atoms with Gasteiger partial charge in [-0.2, -0.15) is 0 Å². The summed E-state index contributed by atoms with van der Waals surface area (Å²) in [5.41, 5.74) is 5.70. The second-order valence-corrected chi connectivity index (χ2v) is 5.95. The number of benzene rings is 1. The molecule has 1 aliphatic heterocycles. The molecule has 2 rings (SSSR count). The number of hydrogen-bond acceptors (Lipinski definition) is 3. The van der Waals surface area contributed by atoms with E-state index in [0.717, 1.165) is 18.6 Å². The summed E-state index contributed by atoms with van der Waals surface area (Å²) in [6.07, 6.45) is 0.944. The lowest BCUT2D eigenvalue weighted by atomic mass is 9.95. The second kappa shape index (κ2) is 6.71. The van der Waals surface area contributed by atoms with Gasteiger partial charge in [-0.05, 0) is 31.0 Å². The molecule has 0 bridgehead atoms. The van der Waals surface area contributed by atoms with Crippen molar-refractivity contribution in [3.63, 3.8) is 0 Å². The van der Waals surface area contributed by atoms with E-state index < -0.39 is 23.3 Å². The number of nitrogens with zero attached hydrogens (tertiary/aromatic N) is 1.